The van der Waals surface area contributed by atoms with E-state index in [0.29, 0.717) is 11.9 Å². The van der Waals surface area contributed by atoms with Gasteiger partial charge in [-0.05, 0) is 12.5 Å². The first-order valence-electron chi connectivity index (χ1n) is 4.73. The number of rotatable bonds is 3. The van der Waals surface area contributed by atoms with E-state index in [-0.39, 0.29) is 12.0 Å². The first-order valence-corrected chi connectivity index (χ1v) is 4.73. The summed E-state index contributed by atoms with van der Waals surface area (Å²) in [5, 5.41) is 0. The lowest BCUT2D eigenvalue weighted by atomic mass is 9.88. The Labute approximate surface area is 92.7 Å². The highest BCUT2D eigenvalue weighted by Gasteiger charge is 2.31. The van der Waals surface area contributed by atoms with E-state index >= 15 is 0 Å². The van der Waals surface area contributed by atoms with Crippen LogP contribution < -0.4 is 0 Å². The molecular formula is C11H12O5. The van der Waals surface area contributed by atoms with Gasteiger partial charge in [0.2, 0.25) is 0 Å². The minimum atomic E-state index is -0.598. The molecule has 1 atom stereocenters. The molecule has 0 aromatic heterocycles. The van der Waals surface area contributed by atoms with Crippen LogP contribution in [0.5, 0.6) is 0 Å². The molecule has 5 nitrogen and oxygen atoms in total. The van der Waals surface area contributed by atoms with Crippen molar-refractivity contribution in [1.29, 1.82) is 0 Å². The Morgan fingerprint density at radius 3 is 2.81 bits per heavy atom. The molecule has 0 unspecified atom stereocenters. The van der Waals surface area contributed by atoms with Gasteiger partial charge in [0.25, 0.3) is 0 Å². The Morgan fingerprint density at radius 2 is 2.31 bits per heavy atom. The molecule has 0 N–H and O–H groups in total. The molecule has 0 saturated heterocycles. The zero-order chi connectivity index (χ0) is 12.1. The third-order valence-corrected chi connectivity index (χ3v) is 2.36. The van der Waals surface area contributed by atoms with Gasteiger partial charge >= 0.3 is 11.9 Å². The first kappa shape index (κ1) is 12.2. The number of aldehydes is 1. The normalized spacial score (nSPS) is 20.9. The van der Waals surface area contributed by atoms with Gasteiger partial charge in [-0.2, -0.15) is 0 Å². The van der Waals surface area contributed by atoms with Crippen LogP contribution in [0.3, 0.4) is 0 Å². The van der Waals surface area contributed by atoms with E-state index in [9.17, 15) is 14.4 Å². The zero-order valence-corrected chi connectivity index (χ0v) is 9.06. The van der Waals surface area contributed by atoms with Crippen LogP contribution in [0.1, 0.15) is 13.3 Å². The van der Waals surface area contributed by atoms with Crippen molar-refractivity contribution in [1.82, 2.24) is 0 Å². The van der Waals surface area contributed by atoms with Crippen molar-refractivity contribution in [3.05, 3.63) is 23.5 Å². The van der Waals surface area contributed by atoms with Gasteiger partial charge in [-0.1, -0.05) is 6.08 Å². The second-order valence-corrected chi connectivity index (χ2v) is 3.22. The molecule has 0 bridgehead atoms. The molecule has 0 amide bonds. The first-order chi connectivity index (χ1) is 7.63. The fourth-order valence-corrected chi connectivity index (χ4v) is 1.49. The molecule has 0 radical (unpaired) electrons. The van der Waals surface area contributed by atoms with Crippen molar-refractivity contribution in [2.24, 2.45) is 5.92 Å². The van der Waals surface area contributed by atoms with Crippen molar-refractivity contribution in [3.63, 3.8) is 0 Å². The van der Waals surface area contributed by atoms with Crippen LogP contribution in [0.2, 0.25) is 0 Å². The monoisotopic (exact) mass is 224 g/mol. The SMILES string of the molecule is C/C=C(/C=O)[C@@H]1CC(=O)OC=C1C(=O)OC. The maximum atomic E-state index is 11.4. The van der Waals surface area contributed by atoms with Crippen LogP contribution in [0.15, 0.2) is 23.5 Å². The molecule has 0 aliphatic carbocycles. The van der Waals surface area contributed by atoms with Crippen LogP contribution in [0, 0.1) is 5.92 Å². The Balaban J connectivity index is 3.07. The van der Waals surface area contributed by atoms with E-state index in [2.05, 4.69) is 9.47 Å². The van der Waals surface area contributed by atoms with E-state index in [1.807, 2.05) is 0 Å². The number of carbonyl (C=O) groups is 3. The quantitative estimate of drug-likeness (QED) is 0.402. The number of cyclic esters (lactones) is 1. The summed E-state index contributed by atoms with van der Waals surface area (Å²) in [6.07, 6.45) is 3.21. The lowest BCUT2D eigenvalue weighted by molar-refractivity contribution is -0.142. The van der Waals surface area contributed by atoms with Gasteiger partial charge < -0.3 is 9.47 Å². The van der Waals surface area contributed by atoms with Gasteiger partial charge in [0, 0.05) is 5.92 Å². The molecule has 0 saturated carbocycles. The number of carbonyl (C=O) groups excluding carboxylic acids is 3. The van der Waals surface area contributed by atoms with E-state index < -0.39 is 17.9 Å². The van der Waals surface area contributed by atoms with E-state index in [1.54, 1.807) is 13.0 Å². The van der Waals surface area contributed by atoms with E-state index in [4.69, 9.17) is 0 Å². The third-order valence-electron chi connectivity index (χ3n) is 2.36. The van der Waals surface area contributed by atoms with E-state index in [1.165, 1.54) is 7.11 Å². The molecular weight excluding hydrogens is 212 g/mol. The summed E-state index contributed by atoms with van der Waals surface area (Å²) in [5.74, 6) is -1.64. The molecule has 1 aliphatic heterocycles. The maximum Gasteiger partial charge on any atom is 0.337 e. The van der Waals surface area contributed by atoms with Gasteiger partial charge in [-0.3, -0.25) is 9.59 Å². The standard InChI is InChI=1S/C11H12O5/c1-3-7(5-12)8-4-10(13)16-6-9(8)11(14)15-2/h3,5-6,8H,4H2,1-2H3/b7-3-/t8-/m0/s1. The molecule has 0 aromatic rings. The molecule has 5 heteroatoms. The largest absolute Gasteiger partial charge is 0.466 e. The molecule has 0 spiro atoms. The molecule has 1 rings (SSSR count). The van der Waals surface area contributed by atoms with Crippen LogP contribution in [-0.4, -0.2) is 25.3 Å². The molecule has 1 heterocycles. The number of hydrogen-bond acceptors (Lipinski definition) is 5. The molecule has 0 aromatic carbocycles. The van der Waals surface area contributed by atoms with Gasteiger partial charge in [-0.15, -0.1) is 0 Å². The van der Waals surface area contributed by atoms with Gasteiger partial charge in [0.1, 0.15) is 12.5 Å². The Morgan fingerprint density at radius 1 is 1.62 bits per heavy atom. The Bertz CT molecular complexity index is 378. The molecule has 0 fully saturated rings. The highest BCUT2D eigenvalue weighted by molar-refractivity contribution is 5.94. The number of methoxy groups -OCH3 is 1. The minimum absolute atomic E-state index is 0.0284. The van der Waals surface area contributed by atoms with Crippen molar-refractivity contribution in [2.45, 2.75) is 13.3 Å². The number of allylic oxidation sites excluding steroid dienone is 2. The number of ether oxygens (including phenoxy) is 2. The molecule has 1 aliphatic rings. The summed E-state index contributed by atoms with van der Waals surface area (Å²) < 4.78 is 9.19. The summed E-state index contributed by atoms with van der Waals surface area (Å²) in [6, 6.07) is 0. The van der Waals surface area contributed by atoms with Gasteiger partial charge in [0.05, 0.1) is 19.1 Å². The number of hydrogen-bond donors (Lipinski definition) is 0. The fraction of sp³-hybridized carbons (Fsp3) is 0.364. The average molecular weight is 224 g/mol. The highest BCUT2D eigenvalue weighted by Crippen LogP contribution is 2.28. The smallest absolute Gasteiger partial charge is 0.337 e. The fourth-order valence-electron chi connectivity index (χ4n) is 1.49. The summed E-state index contributed by atoms with van der Waals surface area (Å²) in [4.78, 5) is 33.3. The van der Waals surface area contributed by atoms with Crippen LogP contribution in [0.4, 0.5) is 0 Å². The van der Waals surface area contributed by atoms with Crippen molar-refractivity contribution in [2.75, 3.05) is 7.11 Å². The second kappa shape index (κ2) is 5.25. The minimum Gasteiger partial charge on any atom is -0.466 e. The predicted octanol–water partition coefficient (Wildman–Crippen LogP) is 0.752. The number of esters is 2. The van der Waals surface area contributed by atoms with Crippen molar-refractivity contribution in [3.8, 4) is 0 Å². The lowest BCUT2D eigenvalue weighted by Crippen LogP contribution is -2.25. The molecule has 16 heavy (non-hydrogen) atoms. The summed E-state index contributed by atoms with van der Waals surface area (Å²) in [6.45, 7) is 1.67. The second-order valence-electron chi connectivity index (χ2n) is 3.22. The maximum absolute atomic E-state index is 11.4. The van der Waals surface area contributed by atoms with Gasteiger partial charge in [0.15, 0.2) is 0 Å². The predicted molar refractivity (Wildman–Crippen MR) is 54.1 cm³/mol. The highest BCUT2D eigenvalue weighted by atomic mass is 16.5. The Hall–Kier alpha value is -1.91. The van der Waals surface area contributed by atoms with Crippen LogP contribution >= 0.6 is 0 Å². The van der Waals surface area contributed by atoms with Crippen molar-refractivity contribution < 1.29 is 23.9 Å². The molecule has 86 valence electrons. The average Bonchev–Trinajstić information content (AvgIpc) is 2.30. The topological polar surface area (TPSA) is 69.7 Å². The van der Waals surface area contributed by atoms with E-state index in [0.717, 1.165) is 6.26 Å². The van der Waals surface area contributed by atoms with Crippen molar-refractivity contribution >= 4 is 18.2 Å². The van der Waals surface area contributed by atoms with Crippen LogP contribution in [-0.2, 0) is 23.9 Å². The zero-order valence-electron chi connectivity index (χ0n) is 9.06. The summed E-state index contributed by atoms with van der Waals surface area (Å²) in [5.41, 5.74) is 0.551. The summed E-state index contributed by atoms with van der Waals surface area (Å²) >= 11 is 0. The van der Waals surface area contributed by atoms with Crippen LogP contribution in [0.25, 0.3) is 0 Å². The van der Waals surface area contributed by atoms with Gasteiger partial charge in [-0.25, -0.2) is 4.79 Å². The Kier molecular flexibility index (Phi) is 3.99. The lowest BCUT2D eigenvalue weighted by Gasteiger charge is -2.21. The summed E-state index contributed by atoms with van der Waals surface area (Å²) in [7, 11) is 1.23. The third kappa shape index (κ3) is 2.36.